The van der Waals surface area contributed by atoms with Gasteiger partial charge < -0.3 is 5.32 Å². The Morgan fingerprint density at radius 2 is 2.14 bits per heavy atom. The van der Waals surface area contributed by atoms with Crippen LogP contribution in [-0.2, 0) is 6.54 Å². The Balaban J connectivity index is 1.70. The van der Waals surface area contributed by atoms with E-state index in [1.54, 1.807) is 0 Å². The largest absolute Gasteiger partial charge is 0.307 e. The maximum atomic E-state index is 4.32. The first-order valence-corrected chi connectivity index (χ1v) is 8.17. The first kappa shape index (κ1) is 14.5. The molecule has 0 aromatic carbocycles. The van der Waals surface area contributed by atoms with Crippen LogP contribution in [0.1, 0.15) is 45.9 Å². The summed E-state index contributed by atoms with van der Waals surface area (Å²) in [5.41, 5.74) is 0.923. The standard InChI is InChI=1S/C17H26N4/c1-12(2)14-8-7-13(3)10-15(14)18-11-17-20-19-16-6-4-5-9-21(16)17/h4-6,9,12-15,18H,7-8,10-11H2,1-3H3. The minimum absolute atomic E-state index is 0.602. The monoisotopic (exact) mass is 286 g/mol. The molecule has 1 N–H and O–H groups in total. The lowest BCUT2D eigenvalue weighted by atomic mass is 9.74. The molecule has 0 amide bonds. The summed E-state index contributed by atoms with van der Waals surface area (Å²) in [6, 6.07) is 6.62. The Labute approximate surface area is 127 Å². The normalized spacial score (nSPS) is 26.6. The molecule has 0 spiro atoms. The first-order valence-electron chi connectivity index (χ1n) is 8.17. The SMILES string of the molecule is CC1CCC(C(C)C)C(NCc2nnc3ccccn23)C1. The molecule has 2 aromatic heterocycles. The Hall–Kier alpha value is -1.42. The fourth-order valence-corrected chi connectivity index (χ4v) is 3.67. The number of rotatable bonds is 4. The van der Waals surface area contributed by atoms with E-state index < -0.39 is 0 Å². The summed E-state index contributed by atoms with van der Waals surface area (Å²) in [6.07, 6.45) is 6.03. The Bertz CT molecular complexity index is 589. The van der Waals surface area contributed by atoms with Gasteiger partial charge in [-0.2, -0.15) is 0 Å². The van der Waals surface area contributed by atoms with E-state index in [4.69, 9.17) is 0 Å². The highest BCUT2D eigenvalue weighted by molar-refractivity contribution is 5.36. The highest BCUT2D eigenvalue weighted by atomic mass is 15.3. The van der Waals surface area contributed by atoms with E-state index in [-0.39, 0.29) is 0 Å². The third-order valence-corrected chi connectivity index (χ3v) is 4.93. The molecule has 3 rings (SSSR count). The summed E-state index contributed by atoms with van der Waals surface area (Å²) in [7, 11) is 0. The van der Waals surface area contributed by atoms with E-state index in [0.717, 1.165) is 35.8 Å². The second-order valence-corrected chi connectivity index (χ2v) is 6.86. The highest BCUT2D eigenvalue weighted by Crippen LogP contribution is 2.33. The Morgan fingerprint density at radius 1 is 1.29 bits per heavy atom. The lowest BCUT2D eigenvalue weighted by Gasteiger charge is -2.37. The molecule has 1 aliphatic carbocycles. The van der Waals surface area contributed by atoms with Gasteiger partial charge in [0.2, 0.25) is 0 Å². The van der Waals surface area contributed by atoms with Gasteiger partial charge in [-0.25, -0.2) is 0 Å². The average Bonchev–Trinajstić information content (AvgIpc) is 2.88. The average molecular weight is 286 g/mol. The Morgan fingerprint density at radius 3 is 2.95 bits per heavy atom. The van der Waals surface area contributed by atoms with Crippen LogP contribution >= 0.6 is 0 Å². The van der Waals surface area contributed by atoms with Crippen LogP contribution < -0.4 is 5.32 Å². The summed E-state index contributed by atoms with van der Waals surface area (Å²) in [5, 5.41) is 12.3. The molecule has 4 heteroatoms. The zero-order valence-electron chi connectivity index (χ0n) is 13.3. The van der Waals surface area contributed by atoms with Crippen LogP contribution in [0, 0.1) is 17.8 Å². The maximum absolute atomic E-state index is 4.32. The molecule has 1 aliphatic rings. The quantitative estimate of drug-likeness (QED) is 0.938. The molecule has 0 saturated heterocycles. The number of nitrogens with zero attached hydrogens (tertiary/aromatic N) is 3. The van der Waals surface area contributed by atoms with Gasteiger partial charge in [-0.3, -0.25) is 4.40 Å². The number of fused-ring (bicyclic) bond motifs is 1. The van der Waals surface area contributed by atoms with E-state index >= 15 is 0 Å². The van der Waals surface area contributed by atoms with Crippen LogP contribution in [0.5, 0.6) is 0 Å². The Kier molecular flexibility index (Phi) is 4.24. The fraction of sp³-hybridized carbons (Fsp3) is 0.647. The van der Waals surface area contributed by atoms with Crippen LogP contribution in [0.2, 0.25) is 0 Å². The summed E-state index contributed by atoms with van der Waals surface area (Å²) in [4.78, 5) is 0. The molecule has 2 aromatic rings. The second kappa shape index (κ2) is 6.14. The zero-order valence-corrected chi connectivity index (χ0v) is 13.3. The van der Waals surface area contributed by atoms with Crippen molar-refractivity contribution < 1.29 is 0 Å². The minimum Gasteiger partial charge on any atom is -0.307 e. The fourth-order valence-electron chi connectivity index (χ4n) is 3.67. The lowest BCUT2D eigenvalue weighted by Crippen LogP contribution is -2.42. The molecule has 4 nitrogen and oxygen atoms in total. The third-order valence-electron chi connectivity index (χ3n) is 4.93. The van der Waals surface area contributed by atoms with Crippen molar-refractivity contribution >= 4 is 5.65 Å². The smallest absolute Gasteiger partial charge is 0.160 e. The van der Waals surface area contributed by atoms with Gasteiger partial charge in [-0.05, 0) is 42.7 Å². The second-order valence-electron chi connectivity index (χ2n) is 6.86. The van der Waals surface area contributed by atoms with Crippen LogP contribution in [-0.4, -0.2) is 20.6 Å². The predicted molar refractivity (Wildman–Crippen MR) is 85.0 cm³/mol. The molecular weight excluding hydrogens is 260 g/mol. The molecule has 2 heterocycles. The van der Waals surface area contributed by atoms with Gasteiger partial charge in [0, 0.05) is 12.2 Å². The highest BCUT2D eigenvalue weighted by Gasteiger charge is 2.30. The van der Waals surface area contributed by atoms with Crippen LogP contribution in [0.25, 0.3) is 5.65 Å². The summed E-state index contributed by atoms with van der Waals surface area (Å²) < 4.78 is 2.07. The molecule has 0 radical (unpaired) electrons. The van der Waals surface area contributed by atoms with E-state index in [1.165, 1.54) is 19.3 Å². The molecule has 114 valence electrons. The lowest BCUT2D eigenvalue weighted by molar-refractivity contribution is 0.168. The van der Waals surface area contributed by atoms with Crippen molar-refractivity contribution in [1.82, 2.24) is 19.9 Å². The number of hydrogen-bond acceptors (Lipinski definition) is 3. The van der Waals surface area contributed by atoms with Crippen LogP contribution in [0.3, 0.4) is 0 Å². The van der Waals surface area contributed by atoms with Gasteiger partial charge in [-0.15, -0.1) is 10.2 Å². The first-order chi connectivity index (χ1) is 10.1. The van der Waals surface area contributed by atoms with Gasteiger partial charge in [0.1, 0.15) is 0 Å². The van der Waals surface area contributed by atoms with E-state index in [0.29, 0.717) is 6.04 Å². The van der Waals surface area contributed by atoms with Crippen molar-refractivity contribution in [3.05, 3.63) is 30.2 Å². The van der Waals surface area contributed by atoms with Crippen molar-refractivity contribution in [3.63, 3.8) is 0 Å². The van der Waals surface area contributed by atoms with Crippen LogP contribution in [0.4, 0.5) is 0 Å². The zero-order chi connectivity index (χ0) is 14.8. The van der Waals surface area contributed by atoms with Crippen LogP contribution in [0.15, 0.2) is 24.4 Å². The molecule has 3 unspecified atom stereocenters. The number of nitrogens with one attached hydrogen (secondary N) is 1. The summed E-state index contributed by atoms with van der Waals surface area (Å²) in [5.74, 6) is 3.35. The van der Waals surface area contributed by atoms with E-state index in [2.05, 4.69) is 40.7 Å². The predicted octanol–water partition coefficient (Wildman–Crippen LogP) is 3.28. The van der Waals surface area contributed by atoms with Gasteiger partial charge in [0.25, 0.3) is 0 Å². The molecule has 0 bridgehead atoms. The third kappa shape index (κ3) is 3.10. The minimum atomic E-state index is 0.602. The molecule has 1 fully saturated rings. The van der Waals surface area contributed by atoms with E-state index in [9.17, 15) is 0 Å². The number of aromatic nitrogens is 3. The van der Waals surface area contributed by atoms with Gasteiger partial charge in [0.05, 0.1) is 6.54 Å². The summed E-state index contributed by atoms with van der Waals surface area (Å²) >= 11 is 0. The number of pyridine rings is 1. The number of hydrogen-bond donors (Lipinski definition) is 1. The summed E-state index contributed by atoms with van der Waals surface area (Å²) in [6.45, 7) is 7.87. The topological polar surface area (TPSA) is 42.2 Å². The molecule has 1 saturated carbocycles. The van der Waals surface area contributed by atoms with Crippen molar-refractivity contribution in [2.75, 3.05) is 0 Å². The molecule has 0 aliphatic heterocycles. The molecule has 3 atom stereocenters. The molecule has 21 heavy (non-hydrogen) atoms. The van der Waals surface area contributed by atoms with Crippen molar-refractivity contribution in [2.45, 2.75) is 52.6 Å². The molecular formula is C17H26N4. The van der Waals surface area contributed by atoms with Gasteiger partial charge in [0.15, 0.2) is 11.5 Å². The van der Waals surface area contributed by atoms with Gasteiger partial charge in [-0.1, -0.05) is 33.3 Å². The van der Waals surface area contributed by atoms with Crippen molar-refractivity contribution in [2.24, 2.45) is 17.8 Å². The van der Waals surface area contributed by atoms with Crippen molar-refractivity contribution in [1.29, 1.82) is 0 Å². The maximum Gasteiger partial charge on any atom is 0.160 e. The van der Waals surface area contributed by atoms with E-state index in [1.807, 2.05) is 24.4 Å². The van der Waals surface area contributed by atoms with Gasteiger partial charge >= 0.3 is 0 Å². The van der Waals surface area contributed by atoms with Crippen molar-refractivity contribution in [3.8, 4) is 0 Å².